The molecule has 170 valence electrons. The summed E-state index contributed by atoms with van der Waals surface area (Å²) in [5.74, 6) is 0.381. The summed E-state index contributed by atoms with van der Waals surface area (Å²) < 4.78 is 29.2. The van der Waals surface area contributed by atoms with Crippen LogP contribution in [0.2, 0.25) is 0 Å². The zero-order valence-electron chi connectivity index (χ0n) is 18.4. The lowest BCUT2D eigenvalue weighted by atomic mass is 9.66. The molecule has 0 aromatic carbocycles. The summed E-state index contributed by atoms with van der Waals surface area (Å²) in [6.45, 7) is 6.84. The predicted octanol–water partition coefficient (Wildman–Crippen LogP) is 4.22. The van der Waals surface area contributed by atoms with Gasteiger partial charge in [0, 0.05) is 35.8 Å². The standard InChI is InChI=1S/C22H27FN6OS2/c1-21(2,3)32(30)27-13-15-12-25-20(31-15)17-7-8-18(29-28-17)26-14-22(9-5-10-22)19-16(23)6-4-11-24-19/h4,6-8,11-12,27H,5,9-10,13-14H2,1-3H3,(H,26,29). The fourth-order valence-corrected chi connectivity index (χ4v) is 5.17. The van der Waals surface area contributed by atoms with Crippen molar-refractivity contribution < 1.29 is 8.60 Å². The van der Waals surface area contributed by atoms with E-state index in [2.05, 4.69) is 30.2 Å². The Bertz CT molecular complexity index is 1090. The number of hydrogen-bond acceptors (Lipinski definition) is 7. The van der Waals surface area contributed by atoms with Crippen LogP contribution in [0.1, 0.15) is 50.6 Å². The number of nitrogens with one attached hydrogen (secondary N) is 2. The summed E-state index contributed by atoms with van der Waals surface area (Å²) in [7, 11) is -1.13. The first-order valence-electron chi connectivity index (χ1n) is 10.6. The number of halogens is 1. The van der Waals surface area contributed by atoms with Gasteiger partial charge in [-0.15, -0.1) is 21.5 Å². The van der Waals surface area contributed by atoms with Crippen LogP contribution >= 0.6 is 11.3 Å². The molecule has 0 amide bonds. The highest BCUT2D eigenvalue weighted by Gasteiger charge is 2.41. The number of aromatic nitrogens is 4. The van der Waals surface area contributed by atoms with Crippen LogP contribution in [0.5, 0.6) is 0 Å². The molecule has 1 atom stereocenters. The average Bonchev–Trinajstić information content (AvgIpc) is 3.21. The zero-order valence-corrected chi connectivity index (χ0v) is 20.0. The Morgan fingerprint density at radius 1 is 1.19 bits per heavy atom. The van der Waals surface area contributed by atoms with Crippen molar-refractivity contribution in [1.29, 1.82) is 0 Å². The molecule has 0 radical (unpaired) electrons. The Kier molecular flexibility index (Phi) is 6.64. The van der Waals surface area contributed by atoms with E-state index in [0.29, 0.717) is 30.3 Å². The van der Waals surface area contributed by atoms with Crippen molar-refractivity contribution >= 4 is 28.1 Å². The Labute approximate surface area is 193 Å². The zero-order chi connectivity index (χ0) is 22.8. The van der Waals surface area contributed by atoms with Crippen molar-refractivity contribution in [2.75, 3.05) is 11.9 Å². The lowest BCUT2D eigenvalue weighted by molar-refractivity contribution is 0.243. The molecule has 7 nitrogen and oxygen atoms in total. The molecule has 1 saturated carbocycles. The van der Waals surface area contributed by atoms with Crippen molar-refractivity contribution in [3.8, 4) is 10.7 Å². The van der Waals surface area contributed by atoms with Crippen LogP contribution in [0.15, 0.2) is 36.7 Å². The Hall–Kier alpha value is -2.30. The lowest BCUT2D eigenvalue weighted by Crippen LogP contribution is -2.42. The molecule has 10 heteroatoms. The molecule has 0 aliphatic heterocycles. The van der Waals surface area contributed by atoms with E-state index in [-0.39, 0.29) is 16.0 Å². The number of rotatable bonds is 8. The molecule has 1 aliphatic rings. The van der Waals surface area contributed by atoms with Gasteiger partial charge < -0.3 is 5.32 Å². The van der Waals surface area contributed by atoms with Gasteiger partial charge >= 0.3 is 0 Å². The minimum absolute atomic E-state index is 0.254. The molecule has 3 heterocycles. The molecule has 1 aliphatic carbocycles. The quantitative estimate of drug-likeness (QED) is 0.508. The Balaban J connectivity index is 1.37. The van der Waals surface area contributed by atoms with E-state index < -0.39 is 11.0 Å². The maximum absolute atomic E-state index is 14.3. The third-order valence-corrected chi connectivity index (χ3v) is 8.09. The summed E-state index contributed by atoms with van der Waals surface area (Å²) >= 11 is 1.49. The topological polar surface area (TPSA) is 92.7 Å². The van der Waals surface area contributed by atoms with Crippen molar-refractivity contribution in [2.45, 2.75) is 56.7 Å². The highest BCUT2D eigenvalue weighted by Crippen LogP contribution is 2.43. The first kappa shape index (κ1) is 22.9. The van der Waals surface area contributed by atoms with E-state index in [1.165, 1.54) is 17.4 Å². The van der Waals surface area contributed by atoms with Gasteiger partial charge in [-0.25, -0.2) is 18.3 Å². The van der Waals surface area contributed by atoms with Gasteiger partial charge in [-0.1, -0.05) is 6.42 Å². The number of hydrogen-bond donors (Lipinski definition) is 2. The predicted molar refractivity (Wildman–Crippen MR) is 126 cm³/mol. The van der Waals surface area contributed by atoms with E-state index in [0.717, 1.165) is 29.1 Å². The van der Waals surface area contributed by atoms with Gasteiger partial charge in [0.25, 0.3) is 0 Å². The molecule has 0 saturated heterocycles. The molecular formula is C22H27FN6OS2. The summed E-state index contributed by atoms with van der Waals surface area (Å²) in [5, 5.41) is 12.6. The largest absolute Gasteiger partial charge is 0.368 e. The van der Waals surface area contributed by atoms with E-state index >= 15 is 0 Å². The van der Waals surface area contributed by atoms with E-state index in [4.69, 9.17) is 0 Å². The summed E-state index contributed by atoms with van der Waals surface area (Å²) in [6.07, 6.45) is 6.27. The van der Waals surface area contributed by atoms with Gasteiger partial charge in [0.1, 0.15) is 22.3 Å². The third kappa shape index (κ3) is 5.02. The summed E-state index contributed by atoms with van der Waals surface area (Å²) in [4.78, 5) is 9.70. The van der Waals surface area contributed by atoms with Crippen molar-refractivity contribution in [3.05, 3.63) is 53.0 Å². The Morgan fingerprint density at radius 2 is 2.00 bits per heavy atom. The second-order valence-electron chi connectivity index (χ2n) is 8.96. The smallest absolute Gasteiger partial charge is 0.148 e. The molecule has 2 N–H and O–H groups in total. The number of nitrogens with zero attached hydrogens (tertiary/aromatic N) is 4. The lowest BCUT2D eigenvalue weighted by Gasteiger charge is -2.41. The summed E-state index contributed by atoms with van der Waals surface area (Å²) in [6, 6.07) is 6.81. The fraction of sp³-hybridized carbons (Fsp3) is 0.455. The maximum atomic E-state index is 14.3. The van der Waals surface area contributed by atoms with Gasteiger partial charge in [0.05, 0.1) is 21.4 Å². The molecule has 1 fully saturated rings. The highest BCUT2D eigenvalue weighted by atomic mass is 32.2. The number of thiazole rings is 1. The van der Waals surface area contributed by atoms with E-state index in [9.17, 15) is 8.60 Å². The Morgan fingerprint density at radius 3 is 2.62 bits per heavy atom. The van der Waals surface area contributed by atoms with Crippen molar-refractivity contribution in [3.63, 3.8) is 0 Å². The molecule has 0 bridgehead atoms. The maximum Gasteiger partial charge on any atom is 0.148 e. The average molecular weight is 475 g/mol. The second-order valence-corrected chi connectivity index (χ2v) is 12.1. The van der Waals surface area contributed by atoms with Gasteiger partial charge in [-0.05, 0) is 57.9 Å². The van der Waals surface area contributed by atoms with Gasteiger partial charge in [0.15, 0.2) is 0 Å². The van der Waals surface area contributed by atoms with Crippen LogP contribution in [0.25, 0.3) is 10.7 Å². The van der Waals surface area contributed by atoms with Crippen LogP contribution in [-0.2, 0) is 22.9 Å². The minimum Gasteiger partial charge on any atom is -0.368 e. The fourth-order valence-electron chi connectivity index (χ4n) is 3.54. The minimum atomic E-state index is -1.13. The normalized spacial score (nSPS) is 16.4. The van der Waals surface area contributed by atoms with Crippen LogP contribution in [-0.4, -0.2) is 35.7 Å². The monoisotopic (exact) mass is 474 g/mol. The van der Waals surface area contributed by atoms with Gasteiger partial charge in [-0.2, -0.15) is 0 Å². The summed E-state index contributed by atoms with van der Waals surface area (Å²) in [5.41, 5.74) is 0.910. The van der Waals surface area contributed by atoms with E-state index in [1.807, 2.05) is 32.9 Å². The molecule has 3 aromatic rings. The van der Waals surface area contributed by atoms with Crippen LogP contribution in [0, 0.1) is 5.82 Å². The molecule has 1 unspecified atom stereocenters. The molecule has 3 aromatic heterocycles. The molecular weight excluding hydrogens is 447 g/mol. The van der Waals surface area contributed by atoms with Gasteiger partial charge in [0.2, 0.25) is 0 Å². The van der Waals surface area contributed by atoms with Crippen LogP contribution < -0.4 is 10.0 Å². The molecule has 0 spiro atoms. The van der Waals surface area contributed by atoms with E-state index in [1.54, 1.807) is 18.5 Å². The van der Waals surface area contributed by atoms with Crippen LogP contribution in [0.3, 0.4) is 0 Å². The third-order valence-electron chi connectivity index (χ3n) is 5.55. The van der Waals surface area contributed by atoms with Crippen molar-refractivity contribution in [2.24, 2.45) is 0 Å². The first-order chi connectivity index (χ1) is 15.3. The highest BCUT2D eigenvalue weighted by molar-refractivity contribution is 7.84. The number of anilines is 1. The van der Waals surface area contributed by atoms with Crippen molar-refractivity contribution in [1.82, 2.24) is 24.9 Å². The second kappa shape index (κ2) is 9.29. The number of pyridine rings is 1. The molecule has 32 heavy (non-hydrogen) atoms. The van der Waals surface area contributed by atoms with Gasteiger partial charge in [-0.3, -0.25) is 4.98 Å². The SMILES string of the molecule is CC(C)(C)S(=O)NCc1cnc(-c2ccc(NCC3(c4ncccc4F)CCC3)nn2)s1. The molecule has 4 rings (SSSR count). The van der Waals surface area contributed by atoms with Crippen LogP contribution in [0.4, 0.5) is 10.2 Å². The first-order valence-corrected chi connectivity index (χ1v) is 12.5.